The van der Waals surface area contributed by atoms with Crippen LogP contribution in [0.5, 0.6) is 5.75 Å². The van der Waals surface area contributed by atoms with Crippen molar-refractivity contribution in [3.63, 3.8) is 0 Å². The number of hydrogen-bond acceptors (Lipinski definition) is 6. The van der Waals surface area contributed by atoms with E-state index in [2.05, 4.69) is 34.3 Å². The summed E-state index contributed by atoms with van der Waals surface area (Å²) in [5.41, 5.74) is 6.79. The van der Waals surface area contributed by atoms with Crippen LogP contribution in [0.25, 0.3) is 10.9 Å². The number of aliphatic imine (C=N–C) groups is 1. The molecule has 0 saturated heterocycles. The average Bonchev–Trinajstić information content (AvgIpc) is 3.57. The smallest absolute Gasteiger partial charge is 0.303 e. The van der Waals surface area contributed by atoms with Crippen molar-refractivity contribution in [2.45, 2.75) is 90.1 Å². The number of aliphatic carboxylic acids is 1. The van der Waals surface area contributed by atoms with Crippen molar-refractivity contribution in [2.75, 3.05) is 0 Å². The molecule has 1 amide bonds. The average molecular weight is 693 g/mol. The predicted molar refractivity (Wildman–Crippen MR) is 196 cm³/mol. The van der Waals surface area contributed by atoms with Gasteiger partial charge in [-0.1, -0.05) is 70.4 Å². The van der Waals surface area contributed by atoms with Gasteiger partial charge in [-0.25, -0.2) is 4.39 Å². The molecule has 9 nitrogen and oxygen atoms in total. The number of carbonyl (C=O) groups excluding carboxylic acids is 1. The van der Waals surface area contributed by atoms with E-state index in [4.69, 9.17) is 9.53 Å². The lowest BCUT2D eigenvalue weighted by molar-refractivity contribution is -0.137. The molecule has 50 heavy (non-hydrogen) atoms. The molecule has 0 aliphatic carbocycles. The van der Waals surface area contributed by atoms with Gasteiger partial charge in [-0.3, -0.25) is 14.6 Å². The number of aromatic amines is 1. The standard InChI is InChI=1S/C36H41F2N3O4.C2H6.CH3NO/c1-4-27-14-15-33(38)41-32(23-39-3)36(2,25-11-9-10-24(20-25)13-16-34(43)44)18-8-6-5-7-12-26(42)21-29-28-17-19-40-31(28)22-30(37)35(29)45-27;1-2;2-1-3/h4,9-11,14-15,17,19-20,22-23,26,40-42H,1,3,5-8,12-13,16,18,21H2,2H3,(H,43,44);1-2H3;1H,(H2,2,3)/b27-14+,32-23-,33-15-;;. The van der Waals surface area contributed by atoms with Crippen LogP contribution in [0.2, 0.25) is 0 Å². The van der Waals surface area contributed by atoms with Crippen molar-refractivity contribution in [1.29, 1.82) is 0 Å². The van der Waals surface area contributed by atoms with Gasteiger partial charge in [-0.2, -0.15) is 4.39 Å². The number of nitrogens with one attached hydrogen (secondary N) is 2. The molecule has 1 aliphatic heterocycles. The van der Waals surface area contributed by atoms with E-state index >= 15 is 8.78 Å². The van der Waals surface area contributed by atoms with Gasteiger partial charge in [0.25, 0.3) is 0 Å². The highest BCUT2D eigenvalue weighted by atomic mass is 19.1. The van der Waals surface area contributed by atoms with E-state index in [-0.39, 0.29) is 30.8 Å². The number of amides is 1. The molecule has 270 valence electrons. The zero-order valence-electron chi connectivity index (χ0n) is 29.2. The molecule has 0 spiro atoms. The van der Waals surface area contributed by atoms with Crippen molar-refractivity contribution in [3.8, 4) is 5.75 Å². The first-order valence-electron chi connectivity index (χ1n) is 16.8. The Morgan fingerprint density at radius 3 is 2.56 bits per heavy atom. The van der Waals surface area contributed by atoms with Crippen molar-refractivity contribution >= 4 is 30.0 Å². The van der Waals surface area contributed by atoms with E-state index in [0.29, 0.717) is 36.0 Å². The van der Waals surface area contributed by atoms with Crippen LogP contribution in [-0.4, -0.2) is 40.4 Å². The Balaban J connectivity index is 0.00000164. The number of ether oxygens (including phenoxy) is 1. The van der Waals surface area contributed by atoms with Gasteiger partial charge in [0, 0.05) is 58.9 Å². The summed E-state index contributed by atoms with van der Waals surface area (Å²) >= 11 is 0. The first kappa shape index (κ1) is 41.1. The van der Waals surface area contributed by atoms with Crippen molar-refractivity contribution in [1.82, 2.24) is 10.3 Å². The van der Waals surface area contributed by atoms with Crippen LogP contribution in [0.15, 0.2) is 96.0 Å². The third-order valence-corrected chi connectivity index (χ3v) is 8.35. The molecule has 0 fully saturated rings. The number of halogens is 2. The fourth-order valence-electron chi connectivity index (χ4n) is 5.83. The van der Waals surface area contributed by atoms with Crippen LogP contribution in [0.4, 0.5) is 8.78 Å². The molecule has 2 aromatic carbocycles. The van der Waals surface area contributed by atoms with E-state index in [1.165, 1.54) is 30.5 Å². The summed E-state index contributed by atoms with van der Waals surface area (Å²) in [5, 5.41) is 23.8. The van der Waals surface area contributed by atoms with Crippen LogP contribution in [-0.2, 0) is 27.8 Å². The van der Waals surface area contributed by atoms with Crippen LogP contribution in [0.3, 0.4) is 0 Å². The number of primary amides is 1. The van der Waals surface area contributed by atoms with Gasteiger partial charge in [0.05, 0.1) is 6.10 Å². The fourth-order valence-corrected chi connectivity index (χ4v) is 5.83. The van der Waals surface area contributed by atoms with Gasteiger partial charge in [0.2, 0.25) is 6.41 Å². The first-order chi connectivity index (χ1) is 24.1. The van der Waals surface area contributed by atoms with Crippen LogP contribution in [0.1, 0.15) is 82.4 Å². The molecule has 1 aromatic heterocycles. The zero-order valence-corrected chi connectivity index (χ0v) is 29.2. The van der Waals surface area contributed by atoms with Gasteiger partial charge in [-0.15, -0.1) is 0 Å². The van der Waals surface area contributed by atoms with Gasteiger partial charge >= 0.3 is 5.97 Å². The maximum atomic E-state index is 15.6. The lowest BCUT2D eigenvalue weighted by atomic mass is 9.74. The number of allylic oxidation sites excluding steroid dienone is 4. The highest BCUT2D eigenvalue weighted by molar-refractivity contribution is 5.85. The molecule has 4 rings (SSSR count). The Morgan fingerprint density at radius 2 is 1.88 bits per heavy atom. The number of rotatable bonds is 6. The van der Waals surface area contributed by atoms with E-state index in [1.807, 2.05) is 51.1 Å². The van der Waals surface area contributed by atoms with Crippen LogP contribution in [0, 0.1) is 5.82 Å². The summed E-state index contributed by atoms with van der Waals surface area (Å²) in [6.45, 7) is 13.4. The van der Waals surface area contributed by atoms with E-state index in [1.54, 1.807) is 6.20 Å². The molecule has 1 aliphatic rings. The second kappa shape index (κ2) is 21.1. The van der Waals surface area contributed by atoms with E-state index < -0.39 is 29.3 Å². The second-order valence-electron chi connectivity index (χ2n) is 11.7. The van der Waals surface area contributed by atoms with E-state index in [9.17, 15) is 15.0 Å². The van der Waals surface area contributed by atoms with Crippen molar-refractivity contribution < 1.29 is 33.3 Å². The second-order valence-corrected chi connectivity index (χ2v) is 11.7. The number of fused-ring (bicyclic) bond motifs is 3. The highest BCUT2D eigenvalue weighted by Gasteiger charge is 2.32. The van der Waals surface area contributed by atoms with Crippen LogP contribution < -0.4 is 15.8 Å². The number of carbonyl (C=O) groups is 2. The SMILES string of the molecule is C=C/C1=C\C=C(\F)N/C(=C\N=C)C(C)(c2cccc(CCC(=O)O)c2)CCCCCCC(O)Cc2c(c(F)cc3[nH]ccc23)O1.CC.NC=O. The molecular weight excluding hydrogens is 642 g/mol. The minimum Gasteiger partial charge on any atom is -0.481 e. The molecular formula is C39H50F2N4O5. The summed E-state index contributed by atoms with van der Waals surface area (Å²) in [5.74, 6) is -2.13. The molecule has 11 heteroatoms. The topological polar surface area (TPSA) is 150 Å². The number of H-pyrrole nitrogens is 1. The summed E-state index contributed by atoms with van der Waals surface area (Å²) < 4.78 is 36.9. The first-order valence-corrected chi connectivity index (χ1v) is 16.8. The summed E-state index contributed by atoms with van der Waals surface area (Å²) in [7, 11) is 0. The Morgan fingerprint density at radius 1 is 1.16 bits per heavy atom. The minimum absolute atomic E-state index is 0.00300. The number of aliphatic hydroxyl groups is 1. The number of nitrogens with two attached hydrogens (primary N) is 1. The zero-order chi connectivity index (χ0) is 37.1. The maximum absolute atomic E-state index is 15.6. The Bertz CT molecular complexity index is 1680. The monoisotopic (exact) mass is 692 g/mol. The molecule has 3 aromatic rings. The molecule has 6 N–H and O–H groups in total. The van der Waals surface area contributed by atoms with Crippen LogP contribution >= 0.6 is 0 Å². The number of benzene rings is 2. The molecule has 2 unspecified atom stereocenters. The Kier molecular flexibility index (Phi) is 17.4. The fraction of sp³-hybridized carbons (Fsp3) is 0.359. The highest BCUT2D eigenvalue weighted by Crippen LogP contribution is 2.38. The Labute approximate surface area is 293 Å². The number of hydrogen-bond donors (Lipinski definition) is 5. The summed E-state index contributed by atoms with van der Waals surface area (Å²) in [6, 6.07) is 10.8. The molecule has 2 heterocycles. The third-order valence-electron chi connectivity index (χ3n) is 8.35. The summed E-state index contributed by atoms with van der Waals surface area (Å²) in [6.07, 6.45) is 11.7. The largest absolute Gasteiger partial charge is 0.481 e. The van der Waals surface area contributed by atoms with E-state index in [0.717, 1.165) is 42.2 Å². The van der Waals surface area contributed by atoms with Gasteiger partial charge in [0.15, 0.2) is 17.5 Å². The molecule has 0 bridgehead atoms. The normalized spacial score (nSPS) is 21.6. The molecule has 0 saturated carbocycles. The number of aliphatic hydroxyl groups excluding tert-OH is 1. The summed E-state index contributed by atoms with van der Waals surface area (Å²) in [4.78, 5) is 26.8. The number of aryl methyl sites for hydroxylation is 1. The molecule has 2 atom stereocenters. The van der Waals surface area contributed by atoms with Crippen molar-refractivity contribution in [2.24, 2.45) is 10.7 Å². The number of carboxylic acids is 1. The van der Waals surface area contributed by atoms with Gasteiger partial charge in [-0.05, 0) is 68.3 Å². The quantitative estimate of drug-likeness (QED) is 0.100. The minimum atomic E-state index is -0.877. The Hall–Kier alpha value is -5.03. The molecule has 0 radical (unpaired) electrons. The number of carboxylic acid groups (broad SMARTS) is 1. The lowest BCUT2D eigenvalue weighted by Gasteiger charge is -2.34. The van der Waals surface area contributed by atoms with Crippen molar-refractivity contribution in [3.05, 3.63) is 114 Å². The lowest BCUT2D eigenvalue weighted by Crippen LogP contribution is -2.32. The maximum Gasteiger partial charge on any atom is 0.303 e. The number of aromatic nitrogens is 1. The van der Waals surface area contributed by atoms with Gasteiger partial charge in [0.1, 0.15) is 5.76 Å². The third kappa shape index (κ3) is 11.8. The number of nitrogens with zero attached hydrogens (tertiary/aromatic N) is 1. The van der Waals surface area contributed by atoms with Gasteiger partial charge < -0.3 is 31.0 Å². The predicted octanol–water partition coefficient (Wildman–Crippen LogP) is 8.06.